The summed E-state index contributed by atoms with van der Waals surface area (Å²) >= 11 is 8.76. The van der Waals surface area contributed by atoms with Gasteiger partial charge in [0.15, 0.2) is 5.65 Å². The molecule has 0 bridgehead atoms. The topological polar surface area (TPSA) is 94.0 Å². The molecule has 2 aliphatic rings. The molecule has 1 saturated carbocycles. The van der Waals surface area contributed by atoms with E-state index in [9.17, 15) is 4.39 Å². The van der Waals surface area contributed by atoms with E-state index in [1.165, 1.54) is 51.4 Å². The van der Waals surface area contributed by atoms with Crippen molar-refractivity contribution < 1.29 is 4.39 Å². The molecule has 1 aliphatic carbocycles. The molecule has 3 N–H and O–H groups in total. The van der Waals surface area contributed by atoms with Crippen LogP contribution in [0.15, 0.2) is 41.4 Å². The number of thiazole rings is 2. The summed E-state index contributed by atoms with van der Waals surface area (Å²) in [5, 5.41) is 10.4. The van der Waals surface area contributed by atoms with Crippen LogP contribution in [0.2, 0.25) is 0 Å². The van der Waals surface area contributed by atoms with E-state index in [-0.39, 0.29) is 11.2 Å². The molecule has 0 radical (unpaired) electrons. The van der Waals surface area contributed by atoms with Crippen LogP contribution >= 0.6 is 57.1 Å². The Kier molecular flexibility index (Phi) is 8.75. The van der Waals surface area contributed by atoms with Crippen molar-refractivity contribution in [2.45, 2.75) is 94.7 Å². The van der Waals surface area contributed by atoms with Crippen LogP contribution < -0.4 is 11.1 Å². The maximum atomic E-state index is 14.8. The number of halogens is 1. The number of thioether (sulfide) groups is 1. The lowest BCUT2D eigenvalue weighted by Crippen LogP contribution is -2.24. The molecule has 1 fully saturated rings. The smallest absolute Gasteiger partial charge is 0.156 e. The third-order valence-electron chi connectivity index (χ3n) is 10.7. The predicted molar refractivity (Wildman–Crippen MR) is 216 cm³/mol. The van der Waals surface area contributed by atoms with Gasteiger partial charge in [-0.2, -0.15) is 5.10 Å². The first-order chi connectivity index (χ1) is 24.6. The van der Waals surface area contributed by atoms with E-state index >= 15 is 0 Å². The van der Waals surface area contributed by atoms with E-state index in [1.54, 1.807) is 40.5 Å². The van der Waals surface area contributed by atoms with Gasteiger partial charge in [0, 0.05) is 21.3 Å². The molecule has 7 nitrogen and oxygen atoms in total. The van der Waals surface area contributed by atoms with Gasteiger partial charge in [0.25, 0.3) is 0 Å². The highest BCUT2D eigenvalue weighted by Gasteiger charge is 2.34. The van der Waals surface area contributed by atoms with Crippen molar-refractivity contribution in [1.82, 2.24) is 24.6 Å². The first kappa shape index (κ1) is 33.9. The van der Waals surface area contributed by atoms with Crippen molar-refractivity contribution in [2.24, 2.45) is 11.1 Å². The van der Waals surface area contributed by atoms with Crippen molar-refractivity contribution in [2.75, 3.05) is 11.9 Å². The third-order valence-corrected chi connectivity index (χ3v) is 16.5. The van der Waals surface area contributed by atoms with Gasteiger partial charge in [0.1, 0.15) is 26.2 Å². The Hall–Kier alpha value is -2.94. The molecule has 13 heteroatoms. The van der Waals surface area contributed by atoms with Crippen LogP contribution in [0.3, 0.4) is 0 Å². The number of aryl methyl sites for hydroxylation is 2. The molecule has 2 atom stereocenters. The molecule has 0 saturated heterocycles. The second-order valence-corrected chi connectivity index (χ2v) is 20.2. The van der Waals surface area contributed by atoms with E-state index < -0.39 is 0 Å². The second kappa shape index (κ2) is 13.2. The van der Waals surface area contributed by atoms with Gasteiger partial charge in [0.2, 0.25) is 0 Å². The van der Waals surface area contributed by atoms with Gasteiger partial charge < -0.3 is 11.1 Å². The number of nitrogens with zero attached hydrogens (tertiary/aromatic N) is 5. The minimum absolute atomic E-state index is 0.185. The molecular weight excluding hydrogens is 734 g/mol. The Morgan fingerprint density at radius 2 is 1.78 bits per heavy atom. The highest BCUT2D eigenvalue weighted by atomic mass is 32.2. The van der Waals surface area contributed by atoms with Crippen LogP contribution in [0.1, 0.15) is 91.8 Å². The van der Waals surface area contributed by atoms with E-state index in [0.717, 1.165) is 65.4 Å². The lowest BCUT2D eigenvalue weighted by molar-refractivity contribution is 0.175. The van der Waals surface area contributed by atoms with Crippen molar-refractivity contribution in [1.29, 1.82) is 0 Å². The molecular formula is C38H40FN7S5. The second-order valence-electron chi connectivity index (χ2n) is 14.7. The van der Waals surface area contributed by atoms with Crippen LogP contribution in [-0.2, 0) is 0 Å². The summed E-state index contributed by atoms with van der Waals surface area (Å²) in [6.07, 6.45) is 10.2. The Bertz CT molecular complexity index is 2350. The molecule has 7 heterocycles. The zero-order valence-electron chi connectivity index (χ0n) is 29.1. The summed E-state index contributed by atoms with van der Waals surface area (Å²) in [5.74, 6) is 0.790. The highest BCUT2D eigenvalue weighted by Crippen LogP contribution is 2.50. The zero-order chi connectivity index (χ0) is 35.0. The van der Waals surface area contributed by atoms with Crippen LogP contribution in [0.25, 0.3) is 45.8 Å². The molecule has 2 unspecified atom stereocenters. The van der Waals surface area contributed by atoms with Crippen LogP contribution in [0, 0.1) is 25.1 Å². The molecule has 0 amide bonds. The number of aromatic nitrogens is 5. The number of benzene rings is 1. The van der Waals surface area contributed by atoms with Crippen LogP contribution in [0.4, 0.5) is 10.1 Å². The van der Waals surface area contributed by atoms with Gasteiger partial charge >= 0.3 is 0 Å². The molecule has 51 heavy (non-hydrogen) atoms. The number of imidazole rings is 1. The average Bonchev–Trinajstić information content (AvgIpc) is 3.93. The molecule has 1 aliphatic heterocycles. The molecule has 0 spiro atoms. The summed E-state index contributed by atoms with van der Waals surface area (Å²) in [5.41, 5.74) is 12.0. The fourth-order valence-corrected chi connectivity index (χ4v) is 13.6. The minimum atomic E-state index is -0.193. The standard InChI is InChI=1S/C38H40FN7S5/c1-19-13-26(45-46-18-20(2)41-33(19)46)28-17-31-37(49-28)43-34(50-31)23(8-12-40)7-11-38(4)9-5-22(6-10-38)27-16-30-36(48-27)44-35(51-30)24-14-25(39)32-29(15-24)47-21(3)42-32/h13-18,21-23,42H,5-12,40H2,1-4H3. The molecule has 6 aromatic heterocycles. The first-order valence-corrected chi connectivity index (χ1v) is 21.9. The number of nitrogens with two attached hydrogens (primary N) is 1. The molecule has 1 aromatic carbocycles. The van der Waals surface area contributed by atoms with Crippen molar-refractivity contribution >= 4 is 87.5 Å². The lowest BCUT2D eigenvalue weighted by atomic mass is 9.68. The fourth-order valence-electron chi connectivity index (χ4n) is 7.82. The van der Waals surface area contributed by atoms with Crippen molar-refractivity contribution in [3.05, 3.63) is 63.5 Å². The predicted octanol–water partition coefficient (Wildman–Crippen LogP) is 11.6. The average molecular weight is 774 g/mol. The number of nitrogens with one attached hydrogen (secondary N) is 1. The molecule has 7 aromatic rings. The number of hydrogen-bond acceptors (Lipinski definition) is 11. The number of rotatable bonds is 9. The summed E-state index contributed by atoms with van der Waals surface area (Å²) in [6, 6.07) is 10.5. The van der Waals surface area contributed by atoms with Gasteiger partial charge in [0.05, 0.1) is 42.2 Å². The quantitative estimate of drug-likeness (QED) is 0.151. The Morgan fingerprint density at radius 1 is 0.980 bits per heavy atom. The number of thiophene rings is 2. The van der Waals surface area contributed by atoms with Gasteiger partial charge in [-0.15, -0.1) is 45.3 Å². The maximum absolute atomic E-state index is 14.8. The number of hydrogen-bond donors (Lipinski definition) is 2. The first-order valence-electron chi connectivity index (χ1n) is 17.7. The van der Waals surface area contributed by atoms with Gasteiger partial charge in [-0.05, 0) is 119 Å². The molecule has 264 valence electrons. The van der Waals surface area contributed by atoms with E-state index in [0.29, 0.717) is 29.5 Å². The van der Waals surface area contributed by atoms with Crippen LogP contribution in [0.5, 0.6) is 0 Å². The van der Waals surface area contributed by atoms with E-state index in [2.05, 4.69) is 55.3 Å². The Morgan fingerprint density at radius 3 is 2.57 bits per heavy atom. The Labute approximate surface area is 316 Å². The van der Waals surface area contributed by atoms with Crippen molar-refractivity contribution in [3.8, 4) is 21.1 Å². The van der Waals surface area contributed by atoms with Gasteiger partial charge in [-0.25, -0.2) is 23.9 Å². The maximum Gasteiger partial charge on any atom is 0.156 e. The van der Waals surface area contributed by atoms with Crippen molar-refractivity contribution in [3.63, 3.8) is 0 Å². The largest absolute Gasteiger partial charge is 0.370 e. The fraction of sp³-hybridized carbons (Fsp3) is 0.421. The summed E-state index contributed by atoms with van der Waals surface area (Å²) < 4.78 is 19.2. The molecule has 9 rings (SSSR count). The number of fused-ring (bicyclic) bond motifs is 4. The number of anilines is 1. The minimum Gasteiger partial charge on any atom is -0.370 e. The highest BCUT2D eigenvalue weighted by molar-refractivity contribution is 8.00. The summed E-state index contributed by atoms with van der Waals surface area (Å²) in [6.45, 7) is 9.33. The van der Waals surface area contributed by atoms with Crippen LogP contribution in [-0.4, -0.2) is 36.5 Å². The normalized spacial score (nSPS) is 21.2. The summed E-state index contributed by atoms with van der Waals surface area (Å²) in [4.78, 5) is 20.5. The summed E-state index contributed by atoms with van der Waals surface area (Å²) in [7, 11) is 0. The third kappa shape index (κ3) is 6.41. The van der Waals surface area contributed by atoms with Gasteiger partial charge in [-0.3, -0.25) is 0 Å². The zero-order valence-corrected chi connectivity index (χ0v) is 33.2. The SMILES string of the molecule is Cc1cn2nc(-c3cc4sc(C(CCN)CCC5(C)CCC(c6cc7sc(-c8cc(F)c9c(c8)SC(C)N9)nc7s6)CC5)nc4s3)cc(C)c2n1. The van der Waals surface area contributed by atoms with E-state index in [4.69, 9.17) is 20.8 Å². The lowest BCUT2D eigenvalue weighted by Gasteiger charge is -2.38. The Balaban J connectivity index is 0.844. The van der Waals surface area contributed by atoms with E-state index in [1.807, 2.05) is 40.3 Å². The monoisotopic (exact) mass is 773 g/mol. The van der Waals surface area contributed by atoms with Gasteiger partial charge in [-0.1, -0.05) is 18.7 Å².